The van der Waals surface area contributed by atoms with Crippen LogP contribution in [0.3, 0.4) is 0 Å². The third-order valence-electron chi connectivity index (χ3n) is 3.87. The Morgan fingerprint density at radius 3 is 2.81 bits per heavy atom. The first-order chi connectivity index (χ1) is 12.2. The monoisotopic (exact) mass is 387 g/mol. The van der Waals surface area contributed by atoms with Gasteiger partial charge >= 0.3 is 13.3 Å². The van der Waals surface area contributed by atoms with Crippen LogP contribution in [0, 0.1) is 6.92 Å². The fourth-order valence-electron chi connectivity index (χ4n) is 2.51. The van der Waals surface area contributed by atoms with E-state index in [0.717, 1.165) is 4.57 Å². The molecule has 2 aromatic heterocycles. The van der Waals surface area contributed by atoms with Crippen LogP contribution in [0.5, 0.6) is 0 Å². The van der Waals surface area contributed by atoms with Crippen LogP contribution in [0.4, 0.5) is 5.82 Å². The minimum absolute atomic E-state index is 0.00441. The zero-order valence-electron chi connectivity index (χ0n) is 13.6. The van der Waals surface area contributed by atoms with Gasteiger partial charge in [-0.05, 0) is 13.0 Å². The van der Waals surface area contributed by atoms with Crippen LogP contribution in [-0.4, -0.2) is 59.5 Å². The number of nitrogens with one attached hydrogen (secondary N) is 1. The van der Waals surface area contributed by atoms with Crippen molar-refractivity contribution in [1.82, 2.24) is 19.5 Å². The topological polar surface area (TPSA) is 186 Å². The number of nitrogens with two attached hydrogens (primary N) is 1. The number of imidazole rings is 1. The molecule has 0 amide bonds. The van der Waals surface area contributed by atoms with Crippen molar-refractivity contribution in [2.24, 2.45) is 0 Å². The second-order valence-electron chi connectivity index (χ2n) is 5.76. The standard InChI is InChI=1S/C13H18N5O7P/c1-6-15-4-9(16-6)26(22,23)24-5-7-10(19)11(20)12(25-7)18-3-2-8(14)17-13(18)21/h2-4,7,10-12,19-20H,5H2,1H3,(H,15,16)(H,22,23)(H2,14,17,21)/t7-,10-,11-,12-/m1/s1. The van der Waals surface area contributed by atoms with Crippen molar-refractivity contribution in [3.63, 3.8) is 0 Å². The number of nitrogens with zero attached hydrogens (tertiary/aromatic N) is 3. The number of hydrogen-bond acceptors (Lipinski definition) is 9. The number of H-pyrrole nitrogens is 1. The predicted molar refractivity (Wildman–Crippen MR) is 87.6 cm³/mol. The Morgan fingerprint density at radius 2 is 2.19 bits per heavy atom. The lowest BCUT2D eigenvalue weighted by atomic mass is 10.1. The average Bonchev–Trinajstić information content (AvgIpc) is 3.12. The molecule has 3 rings (SSSR count). The summed E-state index contributed by atoms with van der Waals surface area (Å²) in [5, 5.41) is 20.2. The first-order valence-electron chi connectivity index (χ1n) is 7.55. The largest absolute Gasteiger partial charge is 0.387 e. The Hall–Kier alpha value is -2.08. The molecule has 0 aromatic carbocycles. The Kier molecular flexibility index (Phi) is 4.97. The van der Waals surface area contributed by atoms with Gasteiger partial charge in [0.15, 0.2) is 6.23 Å². The molecule has 1 saturated heterocycles. The first-order valence-corrected chi connectivity index (χ1v) is 9.12. The summed E-state index contributed by atoms with van der Waals surface area (Å²) < 4.78 is 23.6. The zero-order chi connectivity index (χ0) is 19.1. The number of aliphatic hydroxyl groups excluding tert-OH is 2. The molecule has 0 radical (unpaired) electrons. The van der Waals surface area contributed by atoms with E-state index in [1.54, 1.807) is 6.92 Å². The van der Waals surface area contributed by atoms with Gasteiger partial charge in [0.2, 0.25) is 0 Å². The van der Waals surface area contributed by atoms with Gasteiger partial charge in [0.05, 0.1) is 12.8 Å². The van der Waals surface area contributed by atoms with E-state index in [1.165, 1.54) is 18.5 Å². The maximum Gasteiger partial charge on any atom is 0.376 e. The second-order valence-corrected chi connectivity index (χ2v) is 7.54. The van der Waals surface area contributed by atoms with Crippen LogP contribution in [-0.2, 0) is 13.8 Å². The van der Waals surface area contributed by atoms with Crippen molar-refractivity contribution in [2.45, 2.75) is 31.5 Å². The van der Waals surface area contributed by atoms with E-state index in [1.807, 2.05) is 0 Å². The number of rotatable bonds is 5. The minimum Gasteiger partial charge on any atom is -0.387 e. The summed E-state index contributed by atoms with van der Waals surface area (Å²) in [6.45, 7) is 1.10. The number of aryl methyl sites for hydroxylation is 1. The molecule has 142 valence electrons. The van der Waals surface area contributed by atoms with Crippen molar-refractivity contribution in [3.8, 4) is 0 Å². The molecule has 2 aromatic rings. The van der Waals surface area contributed by atoms with Gasteiger partial charge in [-0.1, -0.05) is 0 Å². The van der Waals surface area contributed by atoms with E-state index < -0.39 is 44.4 Å². The molecule has 1 fully saturated rings. The summed E-state index contributed by atoms with van der Waals surface area (Å²) in [6, 6.07) is 1.33. The van der Waals surface area contributed by atoms with Crippen molar-refractivity contribution in [3.05, 3.63) is 34.8 Å². The second kappa shape index (κ2) is 6.91. The van der Waals surface area contributed by atoms with Gasteiger partial charge in [-0.2, -0.15) is 4.98 Å². The molecule has 6 N–H and O–H groups in total. The zero-order valence-corrected chi connectivity index (χ0v) is 14.5. The van der Waals surface area contributed by atoms with Gasteiger partial charge in [-0.25, -0.2) is 9.78 Å². The number of aromatic amines is 1. The fourth-order valence-corrected chi connectivity index (χ4v) is 3.51. The number of ether oxygens (including phenoxy) is 1. The predicted octanol–water partition coefficient (Wildman–Crippen LogP) is -2.00. The van der Waals surface area contributed by atoms with Gasteiger partial charge in [-0.3, -0.25) is 9.13 Å². The number of nitrogen functional groups attached to an aromatic ring is 1. The first kappa shape index (κ1) is 18.7. The van der Waals surface area contributed by atoms with Gasteiger partial charge in [0.25, 0.3) is 0 Å². The van der Waals surface area contributed by atoms with Crippen LogP contribution in [0.15, 0.2) is 23.3 Å². The number of hydrogen-bond donors (Lipinski definition) is 5. The van der Waals surface area contributed by atoms with Gasteiger partial charge in [0.1, 0.15) is 35.4 Å². The van der Waals surface area contributed by atoms with Crippen molar-refractivity contribution in [2.75, 3.05) is 12.3 Å². The Morgan fingerprint density at radius 1 is 1.46 bits per heavy atom. The van der Waals surface area contributed by atoms with E-state index in [2.05, 4.69) is 15.0 Å². The highest BCUT2D eigenvalue weighted by Gasteiger charge is 2.45. The van der Waals surface area contributed by atoms with Crippen molar-refractivity contribution >= 4 is 18.8 Å². The third kappa shape index (κ3) is 3.56. The normalized spacial score (nSPS) is 28.2. The maximum atomic E-state index is 12.2. The van der Waals surface area contributed by atoms with Crippen molar-refractivity contribution in [1.29, 1.82) is 0 Å². The molecule has 26 heavy (non-hydrogen) atoms. The molecular weight excluding hydrogens is 369 g/mol. The van der Waals surface area contributed by atoms with Gasteiger partial charge in [-0.15, -0.1) is 0 Å². The highest BCUT2D eigenvalue weighted by molar-refractivity contribution is 7.60. The smallest absolute Gasteiger partial charge is 0.376 e. The number of aliphatic hydroxyl groups is 2. The molecule has 0 spiro atoms. The maximum absolute atomic E-state index is 12.2. The highest BCUT2D eigenvalue weighted by atomic mass is 31.2. The minimum atomic E-state index is -4.22. The van der Waals surface area contributed by atoms with Crippen LogP contribution < -0.4 is 16.9 Å². The summed E-state index contributed by atoms with van der Waals surface area (Å²) in [7, 11) is -4.22. The molecule has 1 unspecified atom stereocenters. The fraction of sp³-hybridized carbons (Fsp3) is 0.462. The Labute approximate surface area is 146 Å². The lowest BCUT2D eigenvalue weighted by Gasteiger charge is -2.17. The van der Waals surface area contributed by atoms with E-state index in [4.69, 9.17) is 15.0 Å². The molecule has 3 heterocycles. The Bertz CT molecular complexity index is 899. The van der Waals surface area contributed by atoms with Gasteiger partial charge in [0, 0.05) is 6.20 Å². The van der Waals surface area contributed by atoms with E-state index >= 15 is 0 Å². The third-order valence-corrected chi connectivity index (χ3v) is 5.21. The van der Waals surface area contributed by atoms with E-state index in [9.17, 15) is 24.5 Å². The molecule has 0 saturated carbocycles. The Balaban J connectivity index is 1.72. The molecule has 12 nitrogen and oxygen atoms in total. The SMILES string of the molecule is Cc1ncc(P(=O)(O)OC[C@H]2O[C@@H](n3ccc(N)nc3=O)[C@H](O)[C@@H]2O)[nH]1. The number of anilines is 1. The molecule has 0 aliphatic carbocycles. The quantitative estimate of drug-likeness (QED) is 0.359. The summed E-state index contributed by atoms with van der Waals surface area (Å²) in [6.07, 6.45) is -2.89. The summed E-state index contributed by atoms with van der Waals surface area (Å²) in [5.74, 6) is 0.427. The average molecular weight is 387 g/mol. The molecular formula is C13H18N5O7P. The van der Waals surface area contributed by atoms with Crippen molar-refractivity contribution < 1.29 is 28.9 Å². The van der Waals surface area contributed by atoms with Crippen LogP contribution in [0.1, 0.15) is 12.1 Å². The van der Waals surface area contributed by atoms with E-state index in [0.29, 0.717) is 5.82 Å². The van der Waals surface area contributed by atoms with Crippen LogP contribution in [0.2, 0.25) is 0 Å². The molecule has 0 bridgehead atoms. The van der Waals surface area contributed by atoms with Gasteiger partial charge < -0.3 is 35.1 Å². The summed E-state index contributed by atoms with van der Waals surface area (Å²) in [4.78, 5) is 31.7. The molecule has 5 atom stereocenters. The summed E-state index contributed by atoms with van der Waals surface area (Å²) >= 11 is 0. The number of aromatic nitrogens is 4. The van der Waals surface area contributed by atoms with E-state index in [-0.39, 0.29) is 11.3 Å². The summed E-state index contributed by atoms with van der Waals surface area (Å²) in [5.41, 5.74) is 4.52. The molecule has 1 aliphatic rings. The highest BCUT2D eigenvalue weighted by Crippen LogP contribution is 2.41. The van der Waals surface area contributed by atoms with Crippen LogP contribution >= 0.6 is 7.60 Å². The molecule has 13 heteroatoms. The van der Waals surface area contributed by atoms with Crippen LogP contribution in [0.25, 0.3) is 0 Å². The lowest BCUT2D eigenvalue weighted by Crippen LogP contribution is -2.36. The molecule has 1 aliphatic heterocycles. The lowest BCUT2D eigenvalue weighted by molar-refractivity contribution is -0.0521.